The minimum atomic E-state index is -1.10. The number of carbonyl (C=O) groups is 4. The van der Waals surface area contributed by atoms with Crippen LogP contribution in [-0.4, -0.2) is 58.7 Å². The van der Waals surface area contributed by atoms with Gasteiger partial charge in [0.2, 0.25) is 0 Å². The van der Waals surface area contributed by atoms with Crippen LogP contribution in [0.4, 0.5) is 0 Å². The molecule has 2 unspecified atom stereocenters. The fourth-order valence-corrected chi connectivity index (χ4v) is 7.76. The van der Waals surface area contributed by atoms with Gasteiger partial charge in [0.05, 0.1) is 48.0 Å². The van der Waals surface area contributed by atoms with Crippen molar-refractivity contribution >= 4 is 63.3 Å². The van der Waals surface area contributed by atoms with Gasteiger partial charge in [0.1, 0.15) is 18.5 Å². The van der Waals surface area contributed by atoms with E-state index in [4.69, 9.17) is 19.4 Å². The van der Waals surface area contributed by atoms with Crippen LogP contribution < -0.4 is 0 Å². The third-order valence-electron chi connectivity index (χ3n) is 10.6. The van der Waals surface area contributed by atoms with E-state index in [9.17, 15) is 19.2 Å². The summed E-state index contributed by atoms with van der Waals surface area (Å²) in [5.74, 6) is -2.23. The van der Waals surface area contributed by atoms with E-state index < -0.39 is 23.3 Å². The van der Waals surface area contributed by atoms with Gasteiger partial charge in [-0.25, -0.2) is 9.78 Å². The lowest BCUT2D eigenvalue weighted by atomic mass is 9.64. The lowest BCUT2D eigenvalue weighted by Gasteiger charge is -2.36. The summed E-state index contributed by atoms with van der Waals surface area (Å²) in [5, 5.41) is 0. The van der Waals surface area contributed by atoms with Crippen LogP contribution in [0.25, 0.3) is 38.8 Å². The Labute approximate surface area is 290 Å². The fraction of sp³-hybridized carbons (Fsp3) is 0.350. The molecule has 0 fully saturated rings. The number of methoxy groups -OCH3 is 2. The second kappa shape index (κ2) is 13.5. The third-order valence-corrected chi connectivity index (χ3v) is 10.6. The van der Waals surface area contributed by atoms with E-state index in [1.54, 1.807) is 6.08 Å². The fourth-order valence-electron chi connectivity index (χ4n) is 7.76. The number of aldehydes is 2. The van der Waals surface area contributed by atoms with E-state index >= 15 is 0 Å². The highest BCUT2D eigenvalue weighted by molar-refractivity contribution is 6.02. The molecule has 1 aliphatic carbocycles. The maximum atomic E-state index is 13.6. The minimum absolute atomic E-state index is 0.181. The Morgan fingerprint density at radius 3 is 2.08 bits per heavy atom. The second-order valence-electron chi connectivity index (χ2n) is 13.2. The van der Waals surface area contributed by atoms with E-state index in [2.05, 4.69) is 29.9 Å². The van der Waals surface area contributed by atoms with E-state index in [1.807, 2.05) is 45.0 Å². The third kappa shape index (κ3) is 5.52. The standard InChI is InChI=1S/C40H42N4O6/c1-8-24-21(2)30-18-35-28-14-13-27(38(47)49-6)37(39(48)50-7)40(28,5)36(44-35)20-31-23(4)26(12-10-16-46)34(43-31)19-33-25(11-9-15-45)22(3)29(42-33)17-32(24)41-30/h13-20,37,41,43H,8-12H2,1-7H3. The van der Waals surface area contributed by atoms with Crippen LogP contribution in [0.3, 0.4) is 0 Å². The van der Waals surface area contributed by atoms with Crippen LogP contribution in [0.5, 0.6) is 0 Å². The summed E-state index contributed by atoms with van der Waals surface area (Å²) in [5.41, 5.74) is 12.1. The molecule has 8 bridgehead atoms. The molecule has 0 saturated heterocycles. The van der Waals surface area contributed by atoms with Gasteiger partial charge in [0.15, 0.2) is 0 Å². The van der Waals surface area contributed by atoms with Gasteiger partial charge in [-0.05, 0) is 110 Å². The molecule has 6 rings (SSSR count). The smallest absolute Gasteiger partial charge is 0.334 e. The molecule has 0 amide bonds. The summed E-state index contributed by atoms with van der Waals surface area (Å²) in [7, 11) is 2.60. The van der Waals surface area contributed by atoms with Gasteiger partial charge in [-0.15, -0.1) is 0 Å². The molecule has 258 valence electrons. The van der Waals surface area contributed by atoms with Gasteiger partial charge >= 0.3 is 11.9 Å². The van der Waals surface area contributed by atoms with Crippen LogP contribution in [0, 0.1) is 19.8 Å². The summed E-state index contributed by atoms with van der Waals surface area (Å²) < 4.78 is 10.4. The number of aromatic amines is 2. The molecule has 0 radical (unpaired) electrons. The van der Waals surface area contributed by atoms with Crippen LogP contribution >= 0.6 is 0 Å². The molecule has 2 atom stereocenters. The first-order chi connectivity index (χ1) is 24.0. The van der Waals surface area contributed by atoms with Crippen molar-refractivity contribution in [2.45, 2.75) is 72.1 Å². The zero-order valence-electron chi connectivity index (χ0n) is 29.6. The van der Waals surface area contributed by atoms with Crippen LogP contribution in [0.15, 0.2) is 42.0 Å². The predicted octanol–water partition coefficient (Wildman–Crippen LogP) is 6.78. The van der Waals surface area contributed by atoms with E-state index in [0.717, 1.165) is 91.4 Å². The Bertz CT molecular complexity index is 2220. The Balaban J connectivity index is 1.79. The molecule has 50 heavy (non-hydrogen) atoms. The van der Waals surface area contributed by atoms with Crippen molar-refractivity contribution in [1.82, 2.24) is 19.9 Å². The molecule has 0 saturated carbocycles. The number of esters is 2. The highest BCUT2D eigenvalue weighted by Crippen LogP contribution is 2.52. The van der Waals surface area contributed by atoms with Crippen molar-refractivity contribution in [3.63, 3.8) is 0 Å². The van der Waals surface area contributed by atoms with Gasteiger partial charge in [-0.1, -0.05) is 19.1 Å². The molecule has 0 spiro atoms. The maximum absolute atomic E-state index is 13.6. The van der Waals surface area contributed by atoms with Crippen molar-refractivity contribution in [3.8, 4) is 0 Å². The number of nitrogens with zero attached hydrogens (tertiary/aromatic N) is 2. The largest absolute Gasteiger partial charge is 0.469 e. The SMILES string of the molecule is CCc1c(C)c2cc3nc(cc4[nH]c(cc5nc(cc1[nH]2)C(C)=C5CCC=O)c(CCC=O)c4C)C1(C)C3=CC=C(C(=O)OC)C1C(=O)OC. The molecule has 2 N–H and O–H groups in total. The van der Waals surface area contributed by atoms with Gasteiger partial charge in [-0.3, -0.25) is 9.78 Å². The normalized spacial score (nSPS) is 18.3. The molecule has 2 aliphatic heterocycles. The van der Waals surface area contributed by atoms with Crippen molar-refractivity contribution in [3.05, 3.63) is 87.0 Å². The number of rotatable bonds is 9. The average Bonchev–Trinajstić information content (AvgIpc) is 3.76. The summed E-state index contributed by atoms with van der Waals surface area (Å²) in [6, 6.07) is 7.98. The van der Waals surface area contributed by atoms with Gasteiger partial charge in [0, 0.05) is 34.9 Å². The second-order valence-corrected chi connectivity index (χ2v) is 13.2. The Kier molecular flexibility index (Phi) is 9.31. The number of allylic oxidation sites excluding steroid dienone is 5. The lowest BCUT2D eigenvalue weighted by Crippen LogP contribution is -2.42. The predicted molar refractivity (Wildman–Crippen MR) is 193 cm³/mol. The van der Waals surface area contributed by atoms with Crippen LogP contribution in [0.1, 0.15) is 85.1 Å². The molecule has 3 aliphatic rings. The van der Waals surface area contributed by atoms with Crippen LogP contribution in [-0.2, 0) is 46.9 Å². The number of carbonyl (C=O) groups excluding carboxylic acids is 4. The Morgan fingerprint density at radius 2 is 1.42 bits per heavy atom. The summed E-state index contributed by atoms with van der Waals surface area (Å²) in [6.07, 6.45) is 7.81. The minimum Gasteiger partial charge on any atom is -0.469 e. The summed E-state index contributed by atoms with van der Waals surface area (Å²) in [6.45, 7) is 10.1. The zero-order valence-corrected chi connectivity index (χ0v) is 29.6. The molecular weight excluding hydrogens is 632 g/mol. The Morgan fingerprint density at radius 1 is 0.800 bits per heavy atom. The van der Waals surface area contributed by atoms with E-state index in [-0.39, 0.29) is 5.57 Å². The highest BCUT2D eigenvalue weighted by Gasteiger charge is 2.53. The number of fused-ring (bicyclic) bond motifs is 11. The maximum Gasteiger partial charge on any atom is 0.334 e. The van der Waals surface area contributed by atoms with Crippen molar-refractivity contribution in [2.75, 3.05) is 14.2 Å². The molecule has 3 aromatic rings. The number of H-pyrrole nitrogens is 2. The van der Waals surface area contributed by atoms with Crippen molar-refractivity contribution in [2.24, 2.45) is 5.92 Å². The summed E-state index contributed by atoms with van der Waals surface area (Å²) >= 11 is 0. The van der Waals surface area contributed by atoms with Gasteiger partial charge in [-0.2, -0.15) is 0 Å². The first-order valence-electron chi connectivity index (χ1n) is 16.9. The number of aromatic nitrogens is 4. The Hall–Kier alpha value is -5.38. The summed E-state index contributed by atoms with van der Waals surface area (Å²) in [4.78, 5) is 67.3. The number of hydrogen-bond donors (Lipinski definition) is 2. The van der Waals surface area contributed by atoms with Gasteiger partial charge in [0.25, 0.3) is 0 Å². The first-order valence-corrected chi connectivity index (χ1v) is 16.9. The van der Waals surface area contributed by atoms with Crippen molar-refractivity contribution < 1.29 is 28.7 Å². The lowest BCUT2D eigenvalue weighted by molar-refractivity contribution is -0.149. The van der Waals surface area contributed by atoms with Gasteiger partial charge < -0.3 is 29.0 Å². The zero-order chi connectivity index (χ0) is 35.9. The number of hydrogen-bond acceptors (Lipinski definition) is 8. The van der Waals surface area contributed by atoms with E-state index in [0.29, 0.717) is 37.1 Å². The molecular formula is C40H42N4O6. The molecule has 10 heteroatoms. The molecule has 5 heterocycles. The number of ether oxygens (including phenoxy) is 2. The molecule has 3 aromatic heterocycles. The van der Waals surface area contributed by atoms with Crippen LogP contribution in [0.2, 0.25) is 0 Å². The average molecular weight is 675 g/mol. The first kappa shape index (κ1) is 34.5. The highest BCUT2D eigenvalue weighted by atomic mass is 16.5. The molecule has 10 nitrogen and oxygen atoms in total. The number of aryl methyl sites for hydroxylation is 4. The topological polar surface area (TPSA) is 144 Å². The monoisotopic (exact) mass is 674 g/mol. The van der Waals surface area contributed by atoms with Crippen molar-refractivity contribution in [1.29, 1.82) is 0 Å². The number of nitrogens with one attached hydrogen (secondary N) is 2. The van der Waals surface area contributed by atoms with E-state index in [1.165, 1.54) is 14.2 Å². The quantitative estimate of drug-likeness (QED) is 0.187. The molecule has 0 aromatic carbocycles.